The van der Waals surface area contributed by atoms with E-state index in [1.54, 1.807) is 30.3 Å². The number of anilines is 1. The highest BCUT2D eigenvalue weighted by molar-refractivity contribution is 5.94. The largest absolute Gasteiger partial charge is 0.480 e. The summed E-state index contributed by atoms with van der Waals surface area (Å²) in [6.07, 6.45) is 4.03. The van der Waals surface area contributed by atoms with Crippen molar-refractivity contribution in [2.24, 2.45) is 0 Å². The number of carbonyl (C=O) groups is 2. The van der Waals surface area contributed by atoms with E-state index < -0.39 is 17.9 Å². The lowest BCUT2D eigenvalue weighted by atomic mass is 10.1. The maximum Gasteiger partial charge on any atom is 0.326 e. The zero-order valence-corrected chi connectivity index (χ0v) is 10.8. The molecule has 4 N–H and O–H groups in total. The number of nitrogen functional groups attached to an aromatic ring is 1. The minimum atomic E-state index is -1.02. The van der Waals surface area contributed by atoms with E-state index in [9.17, 15) is 9.59 Å². The molecule has 0 aromatic heterocycles. The Kier molecular flexibility index (Phi) is 5.60. The molecule has 5 nitrogen and oxygen atoms in total. The Labute approximate surface area is 112 Å². The van der Waals surface area contributed by atoms with Crippen LogP contribution in [-0.4, -0.2) is 23.0 Å². The van der Waals surface area contributed by atoms with E-state index in [0.29, 0.717) is 18.5 Å². The van der Waals surface area contributed by atoms with E-state index >= 15 is 0 Å². The molecule has 1 atom stereocenters. The van der Waals surface area contributed by atoms with Gasteiger partial charge in [-0.05, 0) is 30.2 Å². The van der Waals surface area contributed by atoms with Crippen LogP contribution in [0.5, 0.6) is 0 Å². The van der Waals surface area contributed by atoms with Crippen molar-refractivity contribution < 1.29 is 14.7 Å². The number of amides is 1. The number of carbonyl (C=O) groups excluding carboxylic acids is 1. The van der Waals surface area contributed by atoms with Gasteiger partial charge in [0.05, 0.1) is 0 Å². The molecule has 0 aliphatic rings. The normalized spacial score (nSPS) is 12.3. The smallest absolute Gasteiger partial charge is 0.326 e. The summed E-state index contributed by atoms with van der Waals surface area (Å²) in [7, 11) is 0. The standard InChI is InChI=1S/C14H18N2O3/c1-2-3-12(14(18)19)16-13(17)9-6-10-4-7-11(15)8-5-10/h4-9,12H,2-3,15H2,1H3,(H,16,17)(H,18,19)/b9-6+/t12-/m1/s1. The van der Waals surface area contributed by atoms with Crippen molar-refractivity contribution in [3.8, 4) is 0 Å². The number of hydrogen-bond donors (Lipinski definition) is 3. The average molecular weight is 262 g/mol. The zero-order chi connectivity index (χ0) is 14.3. The van der Waals surface area contributed by atoms with Gasteiger partial charge >= 0.3 is 5.97 Å². The molecule has 1 aromatic carbocycles. The first-order chi connectivity index (χ1) is 9.02. The number of aliphatic carboxylic acids is 1. The summed E-state index contributed by atoms with van der Waals surface area (Å²) in [6, 6.07) is 6.18. The quantitative estimate of drug-likeness (QED) is 0.537. The Bertz CT molecular complexity index is 466. The van der Waals surface area contributed by atoms with Crippen LogP contribution < -0.4 is 11.1 Å². The first-order valence-electron chi connectivity index (χ1n) is 6.10. The van der Waals surface area contributed by atoms with Gasteiger partial charge in [-0.3, -0.25) is 4.79 Å². The molecule has 0 saturated heterocycles. The molecule has 1 aromatic rings. The van der Waals surface area contributed by atoms with Crippen LogP contribution in [-0.2, 0) is 9.59 Å². The van der Waals surface area contributed by atoms with E-state index in [1.807, 2.05) is 6.92 Å². The molecule has 0 radical (unpaired) electrons. The number of nitrogens with two attached hydrogens (primary N) is 1. The van der Waals surface area contributed by atoms with Crippen molar-refractivity contribution in [3.05, 3.63) is 35.9 Å². The molecule has 0 bridgehead atoms. The molecule has 0 spiro atoms. The molecule has 0 fully saturated rings. The van der Waals surface area contributed by atoms with Gasteiger partial charge in [-0.25, -0.2) is 4.79 Å². The third-order valence-electron chi connectivity index (χ3n) is 2.56. The topological polar surface area (TPSA) is 92.4 Å². The molecule has 1 amide bonds. The summed E-state index contributed by atoms with van der Waals surface area (Å²) < 4.78 is 0. The summed E-state index contributed by atoms with van der Waals surface area (Å²) >= 11 is 0. The number of carboxylic acids is 1. The van der Waals surface area contributed by atoms with Crippen molar-refractivity contribution in [1.82, 2.24) is 5.32 Å². The van der Waals surface area contributed by atoms with Gasteiger partial charge in [-0.15, -0.1) is 0 Å². The SMILES string of the molecule is CCC[C@@H](NC(=O)/C=C/c1ccc(N)cc1)C(=O)O. The van der Waals surface area contributed by atoms with Gasteiger partial charge in [0, 0.05) is 11.8 Å². The first kappa shape index (κ1) is 14.8. The predicted octanol–water partition coefficient (Wildman–Crippen LogP) is 1.65. The second kappa shape index (κ2) is 7.20. The molecule has 102 valence electrons. The molecular weight excluding hydrogens is 244 g/mol. The molecule has 0 aliphatic heterocycles. The number of nitrogens with one attached hydrogen (secondary N) is 1. The maximum absolute atomic E-state index is 11.6. The van der Waals surface area contributed by atoms with Crippen molar-refractivity contribution in [2.75, 3.05) is 5.73 Å². The minimum Gasteiger partial charge on any atom is -0.480 e. The van der Waals surface area contributed by atoms with Crippen molar-refractivity contribution in [2.45, 2.75) is 25.8 Å². The van der Waals surface area contributed by atoms with Gasteiger partial charge in [0.2, 0.25) is 5.91 Å². The average Bonchev–Trinajstić information content (AvgIpc) is 2.37. The third kappa shape index (κ3) is 5.25. The van der Waals surface area contributed by atoms with Gasteiger partial charge in [0.15, 0.2) is 0 Å². The summed E-state index contributed by atoms with van der Waals surface area (Å²) in [5, 5.41) is 11.4. The van der Waals surface area contributed by atoms with Gasteiger partial charge in [-0.1, -0.05) is 25.5 Å². The fraction of sp³-hybridized carbons (Fsp3) is 0.286. The number of benzene rings is 1. The van der Waals surface area contributed by atoms with E-state index in [1.165, 1.54) is 6.08 Å². The lowest BCUT2D eigenvalue weighted by Gasteiger charge is -2.11. The highest BCUT2D eigenvalue weighted by Gasteiger charge is 2.17. The van der Waals surface area contributed by atoms with E-state index in [0.717, 1.165) is 5.56 Å². The second-order valence-corrected chi connectivity index (χ2v) is 4.19. The van der Waals surface area contributed by atoms with Gasteiger partial charge in [0.25, 0.3) is 0 Å². The van der Waals surface area contributed by atoms with Crippen LogP contribution in [0.1, 0.15) is 25.3 Å². The maximum atomic E-state index is 11.6. The molecule has 1 rings (SSSR count). The first-order valence-corrected chi connectivity index (χ1v) is 6.10. The van der Waals surface area contributed by atoms with Gasteiger partial charge in [0.1, 0.15) is 6.04 Å². The Morgan fingerprint density at radius 1 is 1.37 bits per heavy atom. The Morgan fingerprint density at radius 3 is 2.53 bits per heavy atom. The fourth-order valence-corrected chi connectivity index (χ4v) is 1.54. The van der Waals surface area contributed by atoms with E-state index in [4.69, 9.17) is 10.8 Å². The van der Waals surface area contributed by atoms with Crippen LogP contribution in [0.25, 0.3) is 6.08 Å². The van der Waals surface area contributed by atoms with Crippen molar-refractivity contribution >= 4 is 23.6 Å². The number of hydrogen-bond acceptors (Lipinski definition) is 3. The molecule has 0 saturated carbocycles. The minimum absolute atomic E-state index is 0.413. The molecule has 0 unspecified atom stereocenters. The van der Waals surface area contributed by atoms with Gasteiger partial charge < -0.3 is 16.2 Å². The summed E-state index contributed by atoms with van der Waals surface area (Å²) in [5.74, 6) is -1.44. The van der Waals surface area contributed by atoms with Crippen LogP contribution in [0.15, 0.2) is 30.3 Å². The zero-order valence-electron chi connectivity index (χ0n) is 10.8. The molecule has 0 heterocycles. The number of rotatable bonds is 6. The predicted molar refractivity (Wildman–Crippen MR) is 74.4 cm³/mol. The molecule has 5 heteroatoms. The van der Waals surface area contributed by atoms with Crippen LogP contribution in [0.3, 0.4) is 0 Å². The highest BCUT2D eigenvalue weighted by Crippen LogP contribution is 2.07. The van der Waals surface area contributed by atoms with E-state index in [-0.39, 0.29) is 0 Å². The van der Waals surface area contributed by atoms with Crippen LogP contribution in [0.4, 0.5) is 5.69 Å². The van der Waals surface area contributed by atoms with Crippen molar-refractivity contribution in [1.29, 1.82) is 0 Å². The Hall–Kier alpha value is -2.30. The van der Waals surface area contributed by atoms with Crippen LogP contribution in [0.2, 0.25) is 0 Å². The van der Waals surface area contributed by atoms with Crippen molar-refractivity contribution in [3.63, 3.8) is 0 Å². The fourth-order valence-electron chi connectivity index (χ4n) is 1.54. The Balaban J connectivity index is 2.58. The Morgan fingerprint density at radius 2 is 2.00 bits per heavy atom. The summed E-state index contributed by atoms with van der Waals surface area (Å²) in [4.78, 5) is 22.5. The summed E-state index contributed by atoms with van der Waals surface area (Å²) in [6.45, 7) is 1.87. The van der Waals surface area contributed by atoms with Gasteiger partial charge in [-0.2, -0.15) is 0 Å². The lowest BCUT2D eigenvalue weighted by molar-refractivity contribution is -0.141. The summed E-state index contributed by atoms with van der Waals surface area (Å²) in [5.41, 5.74) is 7.02. The lowest BCUT2D eigenvalue weighted by Crippen LogP contribution is -2.39. The molecular formula is C14H18N2O3. The van der Waals surface area contributed by atoms with Crippen LogP contribution >= 0.6 is 0 Å². The monoisotopic (exact) mass is 262 g/mol. The second-order valence-electron chi connectivity index (χ2n) is 4.19. The van der Waals surface area contributed by atoms with E-state index in [2.05, 4.69) is 5.32 Å². The van der Waals surface area contributed by atoms with Crippen LogP contribution in [0, 0.1) is 0 Å². The third-order valence-corrected chi connectivity index (χ3v) is 2.56. The molecule has 19 heavy (non-hydrogen) atoms. The molecule has 0 aliphatic carbocycles. The number of carboxylic acid groups (broad SMARTS) is 1. The highest BCUT2D eigenvalue weighted by atomic mass is 16.4.